The van der Waals surface area contributed by atoms with Crippen molar-refractivity contribution in [3.8, 4) is 0 Å². The fraction of sp³-hybridized carbons (Fsp3) is 0.882. The molecular weight excluding hydrogens is 294 g/mol. The molecule has 0 aromatic carbocycles. The Bertz CT molecular complexity index is 391. The number of ether oxygens (including phenoxy) is 1. The minimum absolute atomic E-state index is 0.0424. The maximum absolute atomic E-state index is 12.4. The van der Waals surface area contributed by atoms with Gasteiger partial charge in [0.1, 0.15) is 0 Å². The summed E-state index contributed by atoms with van der Waals surface area (Å²) in [4.78, 5) is 23.8. The maximum atomic E-state index is 12.4. The molecule has 2 amide bonds. The molecule has 2 saturated heterocycles. The third kappa shape index (κ3) is 6.11. The van der Waals surface area contributed by atoms with Crippen molar-refractivity contribution in [2.45, 2.75) is 51.5 Å². The van der Waals surface area contributed by atoms with Gasteiger partial charge in [0.2, 0.25) is 11.8 Å². The summed E-state index contributed by atoms with van der Waals surface area (Å²) in [6, 6.07) is -0.152. The van der Waals surface area contributed by atoms with Gasteiger partial charge in [-0.1, -0.05) is 6.92 Å². The van der Waals surface area contributed by atoms with E-state index in [1.54, 1.807) is 0 Å². The Morgan fingerprint density at radius 3 is 2.57 bits per heavy atom. The molecular formula is C17H31N3O3. The number of hydrogen-bond acceptors (Lipinski definition) is 4. The van der Waals surface area contributed by atoms with E-state index in [4.69, 9.17) is 10.5 Å². The van der Waals surface area contributed by atoms with E-state index in [2.05, 4.69) is 17.6 Å². The molecule has 3 atom stereocenters. The first-order chi connectivity index (χ1) is 11.1. The molecule has 23 heavy (non-hydrogen) atoms. The van der Waals surface area contributed by atoms with Crippen LogP contribution in [-0.2, 0) is 14.3 Å². The number of carbonyl (C=O) groups is 2. The van der Waals surface area contributed by atoms with Gasteiger partial charge in [0.05, 0.1) is 0 Å². The van der Waals surface area contributed by atoms with Crippen molar-refractivity contribution in [2.75, 3.05) is 26.3 Å². The average molecular weight is 325 g/mol. The van der Waals surface area contributed by atoms with Crippen LogP contribution in [0.15, 0.2) is 0 Å². The molecule has 132 valence electrons. The van der Waals surface area contributed by atoms with Crippen LogP contribution in [-0.4, -0.2) is 44.2 Å². The van der Waals surface area contributed by atoms with E-state index >= 15 is 0 Å². The molecule has 2 aliphatic rings. The maximum Gasteiger partial charge on any atom is 0.220 e. The zero-order chi connectivity index (χ0) is 16.7. The summed E-state index contributed by atoms with van der Waals surface area (Å²) in [5, 5.41) is 6.47. The van der Waals surface area contributed by atoms with Gasteiger partial charge in [-0.25, -0.2) is 0 Å². The van der Waals surface area contributed by atoms with Gasteiger partial charge in [-0.2, -0.15) is 0 Å². The average Bonchev–Trinajstić information content (AvgIpc) is 2.55. The van der Waals surface area contributed by atoms with Crippen LogP contribution in [0, 0.1) is 17.8 Å². The molecule has 0 saturated carbocycles. The summed E-state index contributed by atoms with van der Waals surface area (Å²) in [6.07, 6.45) is 4.86. The molecule has 0 spiro atoms. The van der Waals surface area contributed by atoms with Crippen LogP contribution < -0.4 is 16.4 Å². The van der Waals surface area contributed by atoms with Crippen molar-refractivity contribution in [2.24, 2.45) is 23.5 Å². The molecule has 2 rings (SSSR count). The molecule has 2 heterocycles. The molecule has 0 aromatic rings. The number of rotatable bonds is 7. The first kappa shape index (κ1) is 18.2. The fourth-order valence-electron chi connectivity index (χ4n) is 3.76. The van der Waals surface area contributed by atoms with Crippen LogP contribution in [0.2, 0.25) is 0 Å². The number of nitrogens with two attached hydrogens (primary N) is 1. The highest BCUT2D eigenvalue weighted by Crippen LogP contribution is 2.24. The van der Waals surface area contributed by atoms with Crippen LogP contribution in [0.1, 0.15) is 45.4 Å². The van der Waals surface area contributed by atoms with E-state index in [9.17, 15) is 9.59 Å². The third-order valence-corrected chi connectivity index (χ3v) is 5.25. The number of primary amides is 1. The summed E-state index contributed by atoms with van der Waals surface area (Å²) in [7, 11) is 0. The molecule has 2 fully saturated rings. The summed E-state index contributed by atoms with van der Waals surface area (Å²) in [5.74, 6) is 0.887. The van der Waals surface area contributed by atoms with E-state index in [0.29, 0.717) is 31.5 Å². The monoisotopic (exact) mass is 325 g/mol. The summed E-state index contributed by atoms with van der Waals surface area (Å²) in [5.41, 5.74) is 5.36. The molecule has 3 unspecified atom stereocenters. The zero-order valence-electron chi connectivity index (χ0n) is 14.2. The Labute approximate surface area is 138 Å². The first-order valence-electron chi connectivity index (χ1n) is 8.92. The summed E-state index contributed by atoms with van der Waals surface area (Å²) < 4.78 is 5.37. The number of hydrogen-bond donors (Lipinski definition) is 3. The molecule has 0 bridgehead atoms. The SMILES string of the molecule is CC(CC(=O)NC(CC(N)=O)C1CCOCC1)C1CCCNC1. The molecule has 0 aromatic heterocycles. The van der Waals surface area contributed by atoms with Crippen molar-refractivity contribution < 1.29 is 14.3 Å². The number of nitrogens with one attached hydrogen (secondary N) is 2. The van der Waals surface area contributed by atoms with Gasteiger partial charge < -0.3 is 21.1 Å². The van der Waals surface area contributed by atoms with Gasteiger partial charge >= 0.3 is 0 Å². The molecule has 0 radical (unpaired) electrons. The second-order valence-electron chi connectivity index (χ2n) is 7.08. The summed E-state index contributed by atoms with van der Waals surface area (Å²) >= 11 is 0. The van der Waals surface area contributed by atoms with Crippen molar-refractivity contribution in [3.05, 3.63) is 0 Å². The lowest BCUT2D eigenvalue weighted by Crippen LogP contribution is -2.45. The van der Waals surface area contributed by atoms with Crippen molar-refractivity contribution in [1.29, 1.82) is 0 Å². The van der Waals surface area contributed by atoms with Gasteiger partial charge in [0, 0.05) is 32.1 Å². The Morgan fingerprint density at radius 1 is 1.22 bits per heavy atom. The fourth-order valence-corrected chi connectivity index (χ4v) is 3.76. The van der Waals surface area contributed by atoms with Crippen LogP contribution in [0.5, 0.6) is 0 Å². The quantitative estimate of drug-likeness (QED) is 0.645. The van der Waals surface area contributed by atoms with Gasteiger partial charge in [-0.05, 0) is 56.5 Å². The predicted molar refractivity (Wildman–Crippen MR) is 88.7 cm³/mol. The van der Waals surface area contributed by atoms with Gasteiger partial charge in [0.15, 0.2) is 0 Å². The van der Waals surface area contributed by atoms with Gasteiger partial charge in [-0.15, -0.1) is 0 Å². The van der Waals surface area contributed by atoms with Crippen LogP contribution in [0.4, 0.5) is 0 Å². The lowest BCUT2D eigenvalue weighted by atomic mass is 9.84. The Morgan fingerprint density at radius 2 is 1.96 bits per heavy atom. The molecule has 4 N–H and O–H groups in total. The highest BCUT2D eigenvalue weighted by Gasteiger charge is 2.28. The second-order valence-corrected chi connectivity index (χ2v) is 7.08. The first-order valence-corrected chi connectivity index (χ1v) is 8.92. The van der Waals surface area contributed by atoms with E-state index in [1.807, 2.05) is 0 Å². The van der Waals surface area contributed by atoms with Crippen LogP contribution in [0.3, 0.4) is 0 Å². The number of amides is 2. The molecule has 6 nitrogen and oxygen atoms in total. The van der Waals surface area contributed by atoms with E-state index in [-0.39, 0.29) is 30.2 Å². The van der Waals surface area contributed by atoms with Crippen LogP contribution in [0.25, 0.3) is 0 Å². The van der Waals surface area contributed by atoms with E-state index < -0.39 is 0 Å². The normalized spacial score (nSPS) is 25.5. The minimum Gasteiger partial charge on any atom is -0.381 e. The van der Waals surface area contributed by atoms with Crippen molar-refractivity contribution in [1.82, 2.24) is 10.6 Å². The number of piperidine rings is 1. The van der Waals surface area contributed by atoms with E-state index in [1.165, 1.54) is 12.8 Å². The third-order valence-electron chi connectivity index (χ3n) is 5.25. The highest BCUT2D eigenvalue weighted by molar-refractivity contribution is 5.79. The smallest absolute Gasteiger partial charge is 0.220 e. The highest BCUT2D eigenvalue weighted by atomic mass is 16.5. The van der Waals surface area contributed by atoms with Crippen LogP contribution >= 0.6 is 0 Å². The summed E-state index contributed by atoms with van der Waals surface area (Å²) in [6.45, 7) is 5.62. The van der Waals surface area contributed by atoms with E-state index in [0.717, 1.165) is 25.9 Å². The van der Waals surface area contributed by atoms with Crippen molar-refractivity contribution in [3.63, 3.8) is 0 Å². The Hall–Kier alpha value is -1.14. The largest absolute Gasteiger partial charge is 0.381 e. The molecule has 2 aliphatic heterocycles. The zero-order valence-corrected chi connectivity index (χ0v) is 14.2. The predicted octanol–water partition coefficient (Wildman–Crippen LogP) is 0.799. The number of carbonyl (C=O) groups excluding carboxylic acids is 2. The Balaban J connectivity index is 1.84. The van der Waals surface area contributed by atoms with Crippen molar-refractivity contribution >= 4 is 11.8 Å². The second kappa shape index (κ2) is 9.23. The van der Waals surface area contributed by atoms with Gasteiger partial charge in [-0.3, -0.25) is 9.59 Å². The Kier molecular flexibility index (Phi) is 7.30. The lowest BCUT2D eigenvalue weighted by Gasteiger charge is -2.32. The topological polar surface area (TPSA) is 93.5 Å². The minimum atomic E-state index is -0.355. The lowest BCUT2D eigenvalue weighted by molar-refractivity contribution is -0.124. The molecule has 6 heteroatoms. The standard InChI is InChI=1S/C17H31N3O3/c1-12(14-3-2-6-19-11-14)9-17(22)20-15(10-16(18)21)13-4-7-23-8-5-13/h12-15,19H,2-11H2,1H3,(H2,18,21)(H,20,22). The molecule has 0 aliphatic carbocycles. The van der Waals surface area contributed by atoms with Gasteiger partial charge in [0.25, 0.3) is 0 Å².